The molecule has 2 rings (SSSR count). The van der Waals surface area contributed by atoms with Crippen LogP contribution >= 0.6 is 22.9 Å². The van der Waals surface area contributed by atoms with Gasteiger partial charge in [0.05, 0.1) is 0 Å². The Balaban J connectivity index is 1.75. The number of benzene rings is 1. The lowest BCUT2D eigenvalue weighted by Crippen LogP contribution is -2.22. The Morgan fingerprint density at radius 3 is 2.67 bits per heavy atom. The summed E-state index contributed by atoms with van der Waals surface area (Å²) < 4.78 is 0. The maximum Gasteiger partial charge on any atom is 0.220 e. The van der Waals surface area contributed by atoms with Crippen molar-refractivity contribution in [1.29, 1.82) is 0 Å². The average molecular weight is 323 g/mol. The predicted octanol–water partition coefficient (Wildman–Crippen LogP) is 4.23. The van der Waals surface area contributed by atoms with Crippen LogP contribution in [0.3, 0.4) is 0 Å². The number of nitrogens with zero attached hydrogens (tertiary/aromatic N) is 1. The van der Waals surface area contributed by atoms with E-state index in [1.807, 2.05) is 29.6 Å². The Hall–Kier alpha value is -1.39. The van der Waals surface area contributed by atoms with E-state index in [0.29, 0.717) is 18.8 Å². The molecule has 0 fully saturated rings. The molecule has 1 aromatic heterocycles. The summed E-state index contributed by atoms with van der Waals surface area (Å²) in [5, 5.41) is 5.93. The quantitative estimate of drug-likeness (QED) is 0.584. The lowest BCUT2D eigenvalue weighted by Gasteiger charge is -2.06. The van der Waals surface area contributed by atoms with Gasteiger partial charge in [-0.2, -0.15) is 0 Å². The molecular formula is C16H19ClN2OS. The van der Waals surface area contributed by atoms with E-state index in [2.05, 4.69) is 10.3 Å². The zero-order chi connectivity index (χ0) is 14.9. The summed E-state index contributed by atoms with van der Waals surface area (Å²) in [6, 6.07) is 8.15. The van der Waals surface area contributed by atoms with Crippen LogP contribution < -0.4 is 5.32 Å². The van der Waals surface area contributed by atoms with Crippen LogP contribution in [-0.2, 0) is 11.3 Å². The molecule has 0 atom stereocenters. The highest BCUT2D eigenvalue weighted by Gasteiger charge is 2.03. The fourth-order valence-electron chi connectivity index (χ4n) is 1.98. The summed E-state index contributed by atoms with van der Waals surface area (Å²) >= 11 is 7.23. The van der Waals surface area contributed by atoms with Gasteiger partial charge < -0.3 is 5.32 Å². The molecule has 0 saturated carbocycles. The highest BCUT2D eigenvalue weighted by molar-refractivity contribution is 7.13. The molecule has 21 heavy (non-hydrogen) atoms. The molecule has 0 spiro atoms. The number of aromatic nitrogens is 1. The minimum absolute atomic E-state index is 0.105. The van der Waals surface area contributed by atoms with Gasteiger partial charge in [-0.1, -0.05) is 30.7 Å². The van der Waals surface area contributed by atoms with Crippen LogP contribution in [0.2, 0.25) is 0 Å². The normalized spacial score (nSPS) is 10.5. The van der Waals surface area contributed by atoms with Gasteiger partial charge in [-0.25, -0.2) is 4.98 Å². The van der Waals surface area contributed by atoms with Crippen LogP contribution in [0.5, 0.6) is 0 Å². The van der Waals surface area contributed by atoms with Gasteiger partial charge >= 0.3 is 0 Å². The number of thiazole rings is 1. The van der Waals surface area contributed by atoms with Gasteiger partial charge in [0.15, 0.2) is 0 Å². The van der Waals surface area contributed by atoms with Gasteiger partial charge in [0.1, 0.15) is 5.01 Å². The lowest BCUT2D eigenvalue weighted by molar-refractivity contribution is -0.121. The van der Waals surface area contributed by atoms with Crippen LogP contribution in [0, 0.1) is 0 Å². The van der Waals surface area contributed by atoms with Crippen LogP contribution in [0.15, 0.2) is 35.8 Å². The topological polar surface area (TPSA) is 42.0 Å². The van der Waals surface area contributed by atoms with Gasteiger partial charge in [0.25, 0.3) is 0 Å². The third-order valence-electron chi connectivity index (χ3n) is 3.16. The fraction of sp³-hybridized carbons (Fsp3) is 0.375. The van der Waals surface area contributed by atoms with Crippen molar-refractivity contribution in [2.45, 2.75) is 32.2 Å². The number of carbonyl (C=O) groups is 1. The van der Waals surface area contributed by atoms with E-state index in [1.54, 1.807) is 17.5 Å². The molecule has 112 valence electrons. The molecule has 1 aromatic carbocycles. The summed E-state index contributed by atoms with van der Waals surface area (Å²) in [7, 11) is 0. The van der Waals surface area contributed by atoms with Crippen molar-refractivity contribution < 1.29 is 4.79 Å². The summed E-state index contributed by atoms with van der Waals surface area (Å²) in [5.41, 5.74) is 2.21. The van der Waals surface area contributed by atoms with Gasteiger partial charge in [0, 0.05) is 36.0 Å². The molecule has 0 radical (unpaired) electrons. The molecule has 0 aliphatic carbocycles. The molecule has 2 aromatic rings. The molecule has 3 nitrogen and oxygen atoms in total. The maximum atomic E-state index is 11.7. The van der Waals surface area contributed by atoms with E-state index < -0.39 is 0 Å². The van der Waals surface area contributed by atoms with Crippen molar-refractivity contribution in [3.05, 3.63) is 41.4 Å². The van der Waals surface area contributed by atoms with Crippen molar-refractivity contribution in [2.75, 3.05) is 5.88 Å². The van der Waals surface area contributed by atoms with E-state index in [4.69, 9.17) is 11.6 Å². The van der Waals surface area contributed by atoms with E-state index in [0.717, 1.165) is 35.4 Å². The molecule has 1 N–H and O–H groups in total. The number of alkyl halides is 1. The Morgan fingerprint density at radius 2 is 2.00 bits per heavy atom. The van der Waals surface area contributed by atoms with Gasteiger partial charge in [-0.05, 0) is 18.4 Å². The average Bonchev–Trinajstić information content (AvgIpc) is 3.04. The lowest BCUT2D eigenvalue weighted by atomic mass is 10.1. The number of amides is 1. The third-order valence-corrected chi connectivity index (χ3v) is 4.25. The van der Waals surface area contributed by atoms with Crippen LogP contribution in [0.4, 0.5) is 0 Å². The zero-order valence-corrected chi connectivity index (χ0v) is 13.4. The number of halogens is 1. The maximum absolute atomic E-state index is 11.7. The first kappa shape index (κ1) is 16.0. The van der Waals surface area contributed by atoms with Crippen molar-refractivity contribution >= 4 is 28.8 Å². The molecule has 0 aliphatic rings. The Labute approximate surface area is 134 Å². The predicted molar refractivity (Wildman–Crippen MR) is 88.6 cm³/mol. The van der Waals surface area contributed by atoms with E-state index in [-0.39, 0.29) is 5.91 Å². The van der Waals surface area contributed by atoms with Gasteiger partial charge in [0.2, 0.25) is 5.91 Å². The Bertz CT molecular complexity index is 540. The minimum Gasteiger partial charge on any atom is -0.352 e. The van der Waals surface area contributed by atoms with Crippen molar-refractivity contribution in [3.63, 3.8) is 0 Å². The summed E-state index contributed by atoms with van der Waals surface area (Å²) in [6.07, 6.45) is 5.28. The summed E-state index contributed by atoms with van der Waals surface area (Å²) in [6.45, 7) is 0.576. The van der Waals surface area contributed by atoms with Gasteiger partial charge in [-0.15, -0.1) is 22.9 Å². The number of hydrogen-bond donors (Lipinski definition) is 1. The fourth-order valence-corrected chi connectivity index (χ4v) is 2.81. The SMILES string of the molecule is O=C(CCCCCCl)NCc1ccc(-c2nccs2)cc1. The summed E-state index contributed by atoms with van der Waals surface area (Å²) in [5.74, 6) is 0.779. The number of hydrogen-bond acceptors (Lipinski definition) is 3. The second-order valence-corrected chi connectivity index (χ2v) is 6.08. The van der Waals surface area contributed by atoms with Crippen molar-refractivity contribution in [3.8, 4) is 10.6 Å². The van der Waals surface area contributed by atoms with Crippen LogP contribution in [0.1, 0.15) is 31.2 Å². The molecular weight excluding hydrogens is 304 g/mol. The number of carbonyl (C=O) groups excluding carboxylic acids is 1. The second kappa shape index (κ2) is 8.80. The largest absolute Gasteiger partial charge is 0.352 e. The smallest absolute Gasteiger partial charge is 0.220 e. The van der Waals surface area contributed by atoms with E-state index in [1.165, 1.54) is 0 Å². The minimum atomic E-state index is 0.105. The molecule has 0 aliphatic heterocycles. The van der Waals surface area contributed by atoms with Crippen molar-refractivity contribution in [2.24, 2.45) is 0 Å². The van der Waals surface area contributed by atoms with Crippen LogP contribution in [-0.4, -0.2) is 16.8 Å². The second-order valence-electron chi connectivity index (χ2n) is 4.81. The first-order valence-electron chi connectivity index (χ1n) is 7.11. The first-order chi connectivity index (χ1) is 10.3. The standard InChI is InChI=1S/C16H19ClN2OS/c17-9-3-1-2-4-15(20)19-12-13-5-7-14(8-6-13)16-18-10-11-21-16/h5-8,10-11H,1-4,9,12H2,(H,19,20). The molecule has 0 saturated heterocycles. The first-order valence-corrected chi connectivity index (χ1v) is 8.52. The molecule has 5 heteroatoms. The number of rotatable bonds is 8. The highest BCUT2D eigenvalue weighted by Crippen LogP contribution is 2.21. The zero-order valence-electron chi connectivity index (χ0n) is 11.8. The molecule has 0 bridgehead atoms. The molecule has 0 unspecified atom stereocenters. The molecule has 1 amide bonds. The number of nitrogens with one attached hydrogen (secondary N) is 1. The molecule has 1 heterocycles. The highest BCUT2D eigenvalue weighted by atomic mass is 35.5. The van der Waals surface area contributed by atoms with Crippen molar-refractivity contribution in [1.82, 2.24) is 10.3 Å². The van der Waals surface area contributed by atoms with Gasteiger partial charge in [-0.3, -0.25) is 4.79 Å². The van der Waals surface area contributed by atoms with Crippen LogP contribution in [0.25, 0.3) is 10.6 Å². The third kappa shape index (κ3) is 5.48. The Morgan fingerprint density at radius 1 is 1.19 bits per heavy atom. The number of unbranched alkanes of at least 4 members (excludes halogenated alkanes) is 2. The summed E-state index contributed by atoms with van der Waals surface area (Å²) in [4.78, 5) is 16.0. The van der Waals surface area contributed by atoms with E-state index >= 15 is 0 Å². The van der Waals surface area contributed by atoms with E-state index in [9.17, 15) is 4.79 Å². The Kier molecular flexibility index (Phi) is 6.70. The monoisotopic (exact) mass is 322 g/mol.